The molecule has 1 aromatic heterocycles. The van der Waals surface area contributed by atoms with Gasteiger partial charge in [0.1, 0.15) is 6.54 Å². The van der Waals surface area contributed by atoms with Gasteiger partial charge >= 0.3 is 0 Å². The summed E-state index contributed by atoms with van der Waals surface area (Å²) in [6, 6.07) is 9.89. The quantitative estimate of drug-likeness (QED) is 0.655. The minimum atomic E-state index is -0.445. The maximum atomic E-state index is 11.9. The van der Waals surface area contributed by atoms with E-state index in [1.807, 2.05) is 42.3 Å². The van der Waals surface area contributed by atoms with Gasteiger partial charge in [-0.1, -0.05) is 18.2 Å². The van der Waals surface area contributed by atoms with E-state index < -0.39 is 5.95 Å². The smallest absolute Gasteiger partial charge is 0.259 e. The number of thiocarbonyl (C=S) groups is 1. The lowest BCUT2D eigenvalue weighted by molar-refractivity contribution is -0.678. The monoisotopic (exact) mass is 304 g/mol. The summed E-state index contributed by atoms with van der Waals surface area (Å²) in [5.74, 6) is -0.445. The highest BCUT2D eigenvalue weighted by Crippen LogP contribution is 2.19. The molecule has 7 heteroatoms. The molecule has 1 heterocycles. The molecule has 1 saturated carbocycles. The molecule has 0 unspecified atom stereocenters. The SMILES string of the molecule is CN(Cc1c([O-])on[n+]1-c1ccccc1)C(=S)NC1CC1. The van der Waals surface area contributed by atoms with E-state index in [-0.39, 0.29) is 0 Å². The van der Waals surface area contributed by atoms with Crippen molar-refractivity contribution in [2.45, 2.75) is 25.4 Å². The summed E-state index contributed by atoms with van der Waals surface area (Å²) in [6.07, 6.45) is 2.30. The van der Waals surface area contributed by atoms with Crippen LogP contribution in [0.1, 0.15) is 18.5 Å². The van der Waals surface area contributed by atoms with Crippen molar-refractivity contribution < 1.29 is 14.3 Å². The summed E-state index contributed by atoms with van der Waals surface area (Å²) in [4.78, 5) is 1.82. The van der Waals surface area contributed by atoms with E-state index >= 15 is 0 Å². The molecule has 0 saturated heterocycles. The molecule has 0 bridgehead atoms. The minimum absolute atomic E-state index is 0.343. The number of benzene rings is 1. The van der Waals surface area contributed by atoms with Crippen molar-refractivity contribution in [2.24, 2.45) is 0 Å². The average molecular weight is 304 g/mol. The fraction of sp³-hybridized carbons (Fsp3) is 0.357. The Bertz CT molecular complexity index is 640. The molecule has 6 nitrogen and oxygen atoms in total. The Morgan fingerprint density at radius 2 is 2.19 bits per heavy atom. The molecular formula is C14H16N4O2S. The molecule has 3 rings (SSSR count). The first-order valence-corrected chi connectivity index (χ1v) is 7.21. The molecule has 1 aliphatic rings. The Kier molecular flexibility index (Phi) is 3.74. The van der Waals surface area contributed by atoms with E-state index in [1.165, 1.54) is 4.68 Å². The highest BCUT2D eigenvalue weighted by atomic mass is 32.1. The number of hydrogen-bond donors (Lipinski definition) is 1. The van der Waals surface area contributed by atoms with E-state index in [9.17, 15) is 5.11 Å². The van der Waals surface area contributed by atoms with Gasteiger partial charge in [0.2, 0.25) is 5.69 Å². The lowest BCUT2D eigenvalue weighted by atomic mass is 10.3. The van der Waals surface area contributed by atoms with E-state index in [0.29, 0.717) is 23.4 Å². The Morgan fingerprint density at radius 1 is 1.48 bits per heavy atom. The lowest BCUT2D eigenvalue weighted by Crippen LogP contribution is -2.43. The van der Waals surface area contributed by atoms with Gasteiger partial charge in [-0.3, -0.25) is 0 Å². The molecule has 0 atom stereocenters. The Labute approximate surface area is 127 Å². The summed E-state index contributed by atoms with van der Waals surface area (Å²) >= 11 is 5.32. The highest BCUT2D eigenvalue weighted by molar-refractivity contribution is 7.80. The predicted molar refractivity (Wildman–Crippen MR) is 77.7 cm³/mol. The lowest BCUT2D eigenvalue weighted by Gasteiger charge is -2.19. The molecule has 0 aliphatic heterocycles. The Morgan fingerprint density at radius 3 is 2.86 bits per heavy atom. The van der Waals surface area contributed by atoms with Crippen LogP contribution < -0.4 is 15.1 Å². The number of rotatable bonds is 4. The summed E-state index contributed by atoms with van der Waals surface area (Å²) in [5.41, 5.74) is 1.23. The van der Waals surface area contributed by atoms with Crippen LogP contribution in [-0.2, 0) is 6.54 Å². The van der Waals surface area contributed by atoms with Crippen LogP contribution in [-0.4, -0.2) is 28.4 Å². The van der Waals surface area contributed by atoms with Crippen LogP contribution in [0.3, 0.4) is 0 Å². The molecule has 110 valence electrons. The van der Waals surface area contributed by atoms with Gasteiger partial charge < -0.3 is 19.8 Å². The van der Waals surface area contributed by atoms with E-state index in [0.717, 1.165) is 18.5 Å². The van der Waals surface area contributed by atoms with Crippen molar-refractivity contribution in [2.75, 3.05) is 7.05 Å². The van der Waals surface area contributed by atoms with Crippen molar-refractivity contribution in [1.82, 2.24) is 15.5 Å². The van der Waals surface area contributed by atoms with Crippen LogP contribution in [0.15, 0.2) is 34.9 Å². The standard InChI is InChI=1S/C14H16N4O2S/c1-17(14(21)15-10-7-8-10)9-12-13(19)20-16-18(12)11-5-3-2-4-6-11/h2-6,10H,7-9H2,1H3,(H-,15,16,19,21). The second-order valence-electron chi connectivity index (χ2n) is 5.13. The van der Waals surface area contributed by atoms with Crippen molar-refractivity contribution in [3.8, 4) is 11.6 Å². The number of nitrogens with one attached hydrogen (secondary N) is 1. The molecule has 2 aromatic rings. The fourth-order valence-electron chi connectivity index (χ4n) is 1.98. The number of para-hydroxylation sites is 1. The van der Waals surface area contributed by atoms with Gasteiger partial charge in [0.15, 0.2) is 11.1 Å². The zero-order valence-corrected chi connectivity index (χ0v) is 12.5. The summed E-state index contributed by atoms with van der Waals surface area (Å²) < 4.78 is 6.30. The molecular weight excluding hydrogens is 288 g/mol. The largest absolute Gasteiger partial charge is 0.539 e. The number of hydrogen-bond acceptors (Lipinski definition) is 4. The normalized spacial score (nSPS) is 14.0. The third-order valence-electron chi connectivity index (χ3n) is 3.34. The van der Waals surface area contributed by atoms with Crippen LogP contribution in [0.25, 0.3) is 5.69 Å². The van der Waals surface area contributed by atoms with Crippen LogP contribution in [0.4, 0.5) is 0 Å². The van der Waals surface area contributed by atoms with Gasteiger partial charge in [0.25, 0.3) is 5.69 Å². The van der Waals surface area contributed by atoms with Crippen LogP contribution in [0, 0.1) is 0 Å². The molecule has 0 spiro atoms. The summed E-state index contributed by atoms with van der Waals surface area (Å²) in [6.45, 7) is 0.343. The highest BCUT2D eigenvalue weighted by Gasteiger charge is 2.26. The second kappa shape index (κ2) is 5.69. The molecule has 1 N–H and O–H groups in total. The Hall–Kier alpha value is -2.15. The van der Waals surface area contributed by atoms with E-state index in [2.05, 4.69) is 10.6 Å². The maximum Gasteiger partial charge on any atom is 0.259 e. The topological polar surface area (TPSA) is 68.2 Å². The van der Waals surface area contributed by atoms with Crippen LogP contribution >= 0.6 is 12.2 Å². The minimum Gasteiger partial charge on any atom is -0.539 e. The van der Waals surface area contributed by atoms with Gasteiger partial charge in [-0.05, 0) is 29.7 Å². The van der Waals surface area contributed by atoms with Crippen LogP contribution in [0.2, 0.25) is 0 Å². The molecule has 21 heavy (non-hydrogen) atoms. The molecule has 1 fully saturated rings. The molecule has 1 aromatic carbocycles. The van der Waals surface area contributed by atoms with Gasteiger partial charge in [-0.15, -0.1) is 0 Å². The summed E-state index contributed by atoms with van der Waals surface area (Å²) in [5, 5.41) is 19.6. The maximum absolute atomic E-state index is 11.9. The zero-order chi connectivity index (χ0) is 14.8. The number of aromatic nitrogens is 2. The van der Waals surface area contributed by atoms with E-state index in [1.54, 1.807) is 0 Å². The zero-order valence-electron chi connectivity index (χ0n) is 11.7. The first kappa shape index (κ1) is 13.8. The first-order chi connectivity index (χ1) is 10.1. The predicted octanol–water partition coefficient (Wildman–Crippen LogP) is 0.494. The van der Waals surface area contributed by atoms with Crippen LogP contribution in [0.5, 0.6) is 5.95 Å². The van der Waals surface area contributed by atoms with Gasteiger partial charge in [-0.2, -0.15) is 0 Å². The van der Waals surface area contributed by atoms with Crippen molar-refractivity contribution in [3.05, 3.63) is 36.0 Å². The second-order valence-corrected chi connectivity index (χ2v) is 5.52. The first-order valence-electron chi connectivity index (χ1n) is 6.80. The summed E-state index contributed by atoms with van der Waals surface area (Å²) in [7, 11) is 1.85. The third-order valence-corrected chi connectivity index (χ3v) is 3.77. The third kappa shape index (κ3) is 3.13. The molecule has 0 amide bonds. The fourth-order valence-corrected chi connectivity index (χ4v) is 2.21. The molecule has 0 radical (unpaired) electrons. The van der Waals surface area contributed by atoms with Gasteiger partial charge in [0.05, 0.1) is 5.27 Å². The van der Waals surface area contributed by atoms with Crippen molar-refractivity contribution in [3.63, 3.8) is 0 Å². The van der Waals surface area contributed by atoms with Crippen molar-refractivity contribution >= 4 is 17.3 Å². The number of nitrogens with zero attached hydrogens (tertiary/aromatic N) is 3. The van der Waals surface area contributed by atoms with E-state index in [4.69, 9.17) is 16.7 Å². The molecule has 1 aliphatic carbocycles. The van der Waals surface area contributed by atoms with Gasteiger partial charge in [0, 0.05) is 25.2 Å². The van der Waals surface area contributed by atoms with Gasteiger partial charge in [-0.25, -0.2) is 0 Å². The Balaban J connectivity index is 1.78. The average Bonchev–Trinajstić information content (AvgIpc) is 3.24. The van der Waals surface area contributed by atoms with Crippen molar-refractivity contribution in [1.29, 1.82) is 0 Å².